The first-order valence-electron chi connectivity index (χ1n) is 5.81. The molecule has 0 radical (unpaired) electrons. The number of aliphatic hydroxyl groups excluding tert-OH is 1. The highest BCUT2D eigenvalue weighted by Gasteiger charge is 2.22. The molecule has 17 heavy (non-hydrogen) atoms. The van der Waals surface area contributed by atoms with Crippen LogP contribution in [0.5, 0.6) is 0 Å². The molecule has 1 saturated carbocycles. The van der Waals surface area contributed by atoms with Crippen LogP contribution in [0, 0.1) is 0 Å². The summed E-state index contributed by atoms with van der Waals surface area (Å²) >= 11 is 0. The lowest BCUT2D eigenvalue weighted by molar-refractivity contribution is 0.0696. The topological polar surface area (TPSA) is 82.5 Å². The van der Waals surface area contributed by atoms with Gasteiger partial charge in [0.05, 0.1) is 17.7 Å². The van der Waals surface area contributed by atoms with Gasteiger partial charge in [0, 0.05) is 6.20 Å². The van der Waals surface area contributed by atoms with Crippen molar-refractivity contribution in [3.05, 3.63) is 23.9 Å². The van der Waals surface area contributed by atoms with E-state index in [0.29, 0.717) is 5.82 Å². The standard InChI is InChI=1S/C12H16N2O3/c15-10-4-2-1-3-9(10)14-11-6-5-8(7-13-11)12(16)17/h5-7,9-10,15H,1-4H2,(H,13,14)(H,16,17). The molecule has 1 fully saturated rings. The van der Waals surface area contributed by atoms with Crippen molar-refractivity contribution in [1.82, 2.24) is 4.98 Å². The number of anilines is 1. The Morgan fingerprint density at radius 2 is 2.12 bits per heavy atom. The van der Waals surface area contributed by atoms with Crippen molar-refractivity contribution >= 4 is 11.8 Å². The Balaban J connectivity index is 2.00. The van der Waals surface area contributed by atoms with Crippen molar-refractivity contribution in [2.75, 3.05) is 5.32 Å². The highest BCUT2D eigenvalue weighted by Crippen LogP contribution is 2.21. The normalized spacial score (nSPS) is 24.3. The number of aliphatic hydroxyl groups is 1. The van der Waals surface area contributed by atoms with E-state index in [1.807, 2.05) is 0 Å². The third-order valence-corrected chi connectivity index (χ3v) is 3.07. The van der Waals surface area contributed by atoms with Crippen LogP contribution < -0.4 is 5.32 Å². The highest BCUT2D eigenvalue weighted by atomic mass is 16.4. The molecule has 2 unspecified atom stereocenters. The van der Waals surface area contributed by atoms with Gasteiger partial charge in [-0.25, -0.2) is 9.78 Å². The van der Waals surface area contributed by atoms with Crippen LogP contribution in [0.3, 0.4) is 0 Å². The summed E-state index contributed by atoms with van der Waals surface area (Å²) in [6.07, 6.45) is 4.87. The molecule has 0 amide bonds. The van der Waals surface area contributed by atoms with Crippen molar-refractivity contribution in [3.63, 3.8) is 0 Å². The van der Waals surface area contributed by atoms with E-state index in [0.717, 1.165) is 25.7 Å². The molecular weight excluding hydrogens is 220 g/mol. The zero-order valence-corrected chi connectivity index (χ0v) is 9.47. The molecule has 0 aromatic carbocycles. The monoisotopic (exact) mass is 236 g/mol. The van der Waals surface area contributed by atoms with E-state index in [9.17, 15) is 9.90 Å². The van der Waals surface area contributed by atoms with Crippen molar-refractivity contribution < 1.29 is 15.0 Å². The number of hydrogen-bond acceptors (Lipinski definition) is 4. The second-order valence-corrected chi connectivity index (χ2v) is 4.34. The number of aromatic nitrogens is 1. The van der Waals surface area contributed by atoms with Crippen LogP contribution in [-0.2, 0) is 0 Å². The van der Waals surface area contributed by atoms with E-state index in [-0.39, 0.29) is 17.7 Å². The third kappa shape index (κ3) is 2.94. The van der Waals surface area contributed by atoms with E-state index in [1.54, 1.807) is 6.07 Å². The highest BCUT2D eigenvalue weighted by molar-refractivity contribution is 5.87. The first-order valence-corrected chi connectivity index (χ1v) is 5.81. The molecule has 5 nitrogen and oxygen atoms in total. The lowest BCUT2D eigenvalue weighted by Crippen LogP contribution is -2.36. The van der Waals surface area contributed by atoms with Crippen molar-refractivity contribution in [2.24, 2.45) is 0 Å². The average molecular weight is 236 g/mol. The lowest BCUT2D eigenvalue weighted by Gasteiger charge is -2.28. The smallest absolute Gasteiger partial charge is 0.337 e. The van der Waals surface area contributed by atoms with Crippen LogP contribution in [0.1, 0.15) is 36.0 Å². The molecule has 1 heterocycles. The molecule has 1 aliphatic rings. The van der Waals surface area contributed by atoms with Gasteiger partial charge in [-0.05, 0) is 25.0 Å². The zero-order chi connectivity index (χ0) is 12.3. The predicted molar refractivity (Wildman–Crippen MR) is 63.1 cm³/mol. The number of pyridine rings is 1. The van der Waals surface area contributed by atoms with Crippen LogP contribution >= 0.6 is 0 Å². The number of hydrogen-bond donors (Lipinski definition) is 3. The maximum absolute atomic E-state index is 10.7. The molecule has 5 heteroatoms. The van der Waals surface area contributed by atoms with Gasteiger partial charge in [0.2, 0.25) is 0 Å². The summed E-state index contributed by atoms with van der Waals surface area (Å²) in [4.78, 5) is 14.7. The van der Waals surface area contributed by atoms with Crippen LogP contribution in [0.25, 0.3) is 0 Å². The van der Waals surface area contributed by atoms with E-state index in [4.69, 9.17) is 5.11 Å². The fourth-order valence-electron chi connectivity index (χ4n) is 2.08. The molecule has 2 atom stereocenters. The van der Waals surface area contributed by atoms with Gasteiger partial charge in [-0.15, -0.1) is 0 Å². The zero-order valence-electron chi connectivity index (χ0n) is 9.47. The van der Waals surface area contributed by atoms with Gasteiger partial charge in [-0.1, -0.05) is 12.8 Å². The Morgan fingerprint density at radius 1 is 1.35 bits per heavy atom. The Labute approximate surface area is 99.5 Å². The maximum atomic E-state index is 10.7. The molecule has 0 aliphatic heterocycles. The Morgan fingerprint density at radius 3 is 2.71 bits per heavy atom. The number of aromatic carboxylic acids is 1. The molecule has 0 bridgehead atoms. The predicted octanol–water partition coefficient (Wildman–Crippen LogP) is 1.50. The van der Waals surface area contributed by atoms with Crippen molar-refractivity contribution in [1.29, 1.82) is 0 Å². The number of nitrogens with one attached hydrogen (secondary N) is 1. The largest absolute Gasteiger partial charge is 0.478 e. The summed E-state index contributed by atoms with van der Waals surface area (Å²) in [6.45, 7) is 0. The number of carboxylic acid groups (broad SMARTS) is 1. The minimum Gasteiger partial charge on any atom is -0.478 e. The van der Waals surface area contributed by atoms with E-state index in [2.05, 4.69) is 10.3 Å². The summed E-state index contributed by atoms with van der Waals surface area (Å²) in [7, 11) is 0. The molecule has 0 spiro atoms. The van der Waals surface area contributed by atoms with Crippen LogP contribution in [0.2, 0.25) is 0 Å². The summed E-state index contributed by atoms with van der Waals surface area (Å²) in [5, 5.41) is 21.7. The number of carbonyl (C=O) groups is 1. The molecule has 1 aromatic heterocycles. The molecule has 1 aliphatic carbocycles. The second-order valence-electron chi connectivity index (χ2n) is 4.34. The summed E-state index contributed by atoms with van der Waals surface area (Å²) in [6, 6.07) is 3.16. The fourth-order valence-corrected chi connectivity index (χ4v) is 2.08. The molecule has 1 aromatic rings. The van der Waals surface area contributed by atoms with Gasteiger partial charge in [-0.3, -0.25) is 0 Å². The fraction of sp³-hybridized carbons (Fsp3) is 0.500. The average Bonchev–Trinajstić information content (AvgIpc) is 2.33. The van der Waals surface area contributed by atoms with Gasteiger partial charge in [0.1, 0.15) is 5.82 Å². The van der Waals surface area contributed by atoms with E-state index >= 15 is 0 Å². The molecule has 92 valence electrons. The first kappa shape index (κ1) is 11.9. The second kappa shape index (κ2) is 5.14. The van der Waals surface area contributed by atoms with Gasteiger partial charge >= 0.3 is 5.97 Å². The van der Waals surface area contributed by atoms with Crippen LogP contribution in [0.15, 0.2) is 18.3 Å². The minimum absolute atomic E-state index is 0.0203. The van der Waals surface area contributed by atoms with E-state index < -0.39 is 5.97 Å². The van der Waals surface area contributed by atoms with Crippen molar-refractivity contribution in [2.45, 2.75) is 37.8 Å². The lowest BCUT2D eigenvalue weighted by atomic mass is 9.92. The SMILES string of the molecule is O=C(O)c1ccc(NC2CCCCC2O)nc1. The van der Waals surface area contributed by atoms with Crippen LogP contribution in [-0.4, -0.2) is 33.3 Å². The Hall–Kier alpha value is -1.62. The summed E-state index contributed by atoms with van der Waals surface area (Å²) in [5.74, 6) is -0.372. The van der Waals surface area contributed by atoms with Gasteiger partial charge < -0.3 is 15.5 Å². The quantitative estimate of drug-likeness (QED) is 0.740. The molecule has 2 rings (SSSR count). The van der Waals surface area contributed by atoms with Crippen LogP contribution in [0.4, 0.5) is 5.82 Å². The van der Waals surface area contributed by atoms with Gasteiger partial charge in [-0.2, -0.15) is 0 Å². The summed E-state index contributed by atoms with van der Waals surface area (Å²) < 4.78 is 0. The Bertz CT molecular complexity index is 391. The maximum Gasteiger partial charge on any atom is 0.337 e. The van der Waals surface area contributed by atoms with Gasteiger partial charge in [0.15, 0.2) is 0 Å². The van der Waals surface area contributed by atoms with E-state index in [1.165, 1.54) is 12.3 Å². The minimum atomic E-state index is -0.984. The summed E-state index contributed by atoms with van der Waals surface area (Å²) in [5.41, 5.74) is 0.166. The number of rotatable bonds is 3. The van der Waals surface area contributed by atoms with Crippen molar-refractivity contribution in [3.8, 4) is 0 Å². The molecule has 0 saturated heterocycles. The number of carboxylic acids is 1. The first-order chi connectivity index (χ1) is 8.16. The third-order valence-electron chi connectivity index (χ3n) is 3.07. The number of nitrogens with zero attached hydrogens (tertiary/aromatic N) is 1. The Kier molecular flexibility index (Phi) is 3.58. The molecular formula is C12H16N2O3. The van der Waals surface area contributed by atoms with Gasteiger partial charge in [0.25, 0.3) is 0 Å². The molecule has 3 N–H and O–H groups in total.